The molecule has 0 heterocycles. The van der Waals surface area contributed by atoms with Gasteiger partial charge < -0.3 is 10.1 Å². The summed E-state index contributed by atoms with van der Waals surface area (Å²) in [5.74, 6) is 0.0490. The summed E-state index contributed by atoms with van der Waals surface area (Å²) in [5, 5.41) is 7.61. The number of carbonyl (C=O) groups is 2. The Morgan fingerprint density at radius 2 is 1.74 bits per heavy atom. The average Bonchev–Trinajstić information content (AvgIpc) is 2.75. The molecule has 3 aromatic carbocycles. The van der Waals surface area contributed by atoms with Crippen LogP contribution in [-0.4, -0.2) is 18.0 Å². The monoisotopic (exact) mass is 455 g/mol. The van der Waals surface area contributed by atoms with Crippen molar-refractivity contribution in [2.24, 2.45) is 5.10 Å². The second kappa shape index (κ2) is 10.6. The lowest BCUT2D eigenvalue weighted by Gasteiger charge is -2.09. The minimum atomic E-state index is -0.375. The summed E-state index contributed by atoms with van der Waals surface area (Å²) in [6, 6.07) is 19.1. The van der Waals surface area contributed by atoms with E-state index in [1.54, 1.807) is 42.5 Å². The Kier molecular flexibility index (Phi) is 7.65. The van der Waals surface area contributed by atoms with Gasteiger partial charge in [-0.3, -0.25) is 9.59 Å². The fourth-order valence-corrected chi connectivity index (χ4v) is 2.96. The molecule has 6 nitrogen and oxygen atoms in total. The lowest BCUT2D eigenvalue weighted by Crippen LogP contribution is -2.17. The third kappa shape index (κ3) is 6.57. The standard InChI is InChI=1S/C23H19Cl2N3O3/c1-15(29)27-19-9-7-17(8-10-19)23(30)28-26-13-18-4-2-3-5-22(18)31-14-16-6-11-20(24)21(25)12-16/h2-13H,14H2,1H3,(H,27,29)(H,28,30). The van der Waals surface area contributed by atoms with Crippen molar-refractivity contribution in [2.45, 2.75) is 13.5 Å². The van der Waals surface area contributed by atoms with Crippen LogP contribution in [0.3, 0.4) is 0 Å². The summed E-state index contributed by atoms with van der Waals surface area (Å²) in [6.07, 6.45) is 1.51. The predicted molar refractivity (Wildman–Crippen MR) is 123 cm³/mol. The molecule has 0 fully saturated rings. The zero-order chi connectivity index (χ0) is 22.2. The molecule has 3 rings (SSSR count). The van der Waals surface area contributed by atoms with E-state index in [-0.39, 0.29) is 11.8 Å². The molecule has 0 unspecified atom stereocenters. The number of anilines is 1. The van der Waals surface area contributed by atoms with Gasteiger partial charge in [-0.15, -0.1) is 0 Å². The molecule has 31 heavy (non-hydrogen) atoms. The molecule has 0 spiro atoms. The summed E-state index contributed by atoms with van der Waals surface area (Å²) in [4.78, 5) is 23.3. The molecule has 0 atom stereocenters. The highest BCUT2D eigenvalue weighted by Crippen LogP contribution is 2.24. The second-order valence-corrected chi connectivity index (χ2v) is 7.35. The number of nitrogens with one attached hydrogen (secondary N) is 2. The number of hydrazone groups is 1. The van der Waals surface area contributed by atoms with Crippen molar-refractivity contribution in [3.63, 3.8) is 0 Å². The van der Waals surface area contributed by atoms with Crippen LogP contribution in [0.2, 0.25) is 10.0 Å². The van der Waals surface area contributed by atoms with Crippen molar-refractivity contribution in [1.82, 2.24) is 5.43 Å². The first-order valence-electron chi connectivity index (χ1n) is 9.29. The number of hydrogen-bond donors (Lipinski definition) is 2. The van der Waals surface area contributed by atoms with Crippen LogP contribution in [-0.2, 0) is 11.4 Å². The summed E-state index contributed by atoms with van der Waals surface area (Å²) < 4.78 is 5.86. The lowest BCUT2D eigenvalue weighted by molar-refractivity contribution is -0.114. The Labute approximate surface area is 189 Å². The van der Waals surface area contributed by atoms with Gasteiger partial charge in [0.05, 0.1) is 16.3 Å². The first kappa shape index (κ1) is 22.3. The predicted octanol–water partition coefficient (Wildman–Crippen LogP) is 5.29. The van der Waals surface area contributed by atoms with Crippen LogP contribution in [0.1, 0.15) is 28.4 Å². The van der Waals surface area contributed by atoms with Crippen molar-refractivity contribution >= 4 is 46.9 Å². The first-order chi connectivity index (χ1) is 14.9. The molecule has 0 bridgehead atoms. The van der Waals surface area contributed by atoms with Crippen LogP contribution in [0.5, 0.6) is 5.75 Å². The Morgan fingerprint density at radius 3 is 2.45 bits per heavy atom. The Hall–Kier alpha value is -3.35. The largest absolute Gasteiger partial charge is 0.488 e. The number of carbonyl (C=O) groups excluding carboxylic acids is 2. The molecule has 0 aliphatic carbocycles. The van der Waals surface area contributed by atoms with E-state index in [0.29, 0.717) is 39.2 Å². The van der Waals surface area contributed by atoms with Crippen LogP contribution in [0.25, 0.3) is 0 Å². The van der Waals surface area contributed by atoms with E-state index in [1.165, 1.54) is 13.1 Å². The number of halogens is 2. The maximum Gasteiger partial charge on any atom is 0.271 e. The molecule has 2 N–H and O–H groups in total. The van der Waals surface area contributed by atoms with Gasteiger partial charge >= 0.3 is 0 Å². The summed E-state index contributed by atoms with van der Waals surface area (Å²) in [7, 11) is 0. The maximum absolute atomic E-state index is 12.3. The summed E-state index contributed by atoms with van der Waals surface area (Å²) >= 11 is 12.0. The van der Waals surface area contributed by atoms with E-state index in [1.807, 2.05) is 24.3 Å². The molecule has 0 aromatic heterocycles. The lowest BCUT2D eigenvalue weighted by atomic mass is 10.2. The van der Waals surface area contributed by atoms with Gasteiger partial charge in [0.2, 0.25) is 5.91 Å². The highest BCUT2D eigenvalue weighted by atomic mass is 35.5. The van der Waals surface area contributed by atoms with Gasteiger partial charge in [-0.05, 0) is 54.1 Å². The second-order valence-electron chi connectivity index (χ2n) is 6.53. The molecule has 0 radical (unpaired) electrons. The van der Waals surface area contributed by atoms with Crippen LogP contribution in [0.15, 0.2) is 71.8 Å². The van der Waals surface area contributed by atoms with Crippen molar-refractivity contribution in [3.05, 3.63) is 93.5 Å². The van der Waals surface area contributed by atoms with Crippen molar-refractivity contribution in [1.29, 1.82) is 0 Å². The number of amides is 2. The molecule has 0 aliphatic heterocycles. The first-order valence-corrected chi connectivity index (χ1v) is 10.0. The third-order valence-electron chi connectivity index (χ3n) is 4.13. The number of nitrogens with zero attached hydrogens (tertiary/aromatic N) is 1. The normalized spacial score (nSPS) is 10.7. The van der Waals surface area contributed by atoms with Gasteiger partial charge in [0.1, 0.15) is 12.4 Å². The van der Waals surface area contributed by atoms with Gasteiger partial charge in [0.25, 0.3) is 5.91 Å². The molecule has 0 saturated heterocycles. The van der Waals surface area contributed by atoms with E-state index < -0.39 is 0 Å². The minimum Gasteiger partial charge on any atom is -0.488 e. The quantitative estimate of drug-likeness (QED) is 0.374. The number of ether oxygens (including phenoxy) is 1. The Bertz CT molecular complexity index is 1120. The van der Waals surface area contributed by atoms with Gasteiger partial charge in [0, 0.05) is 23.7 Å². The molecule has 0 saturated carbocycles. The summed E-state index contributed by atoms with van der Waals surface area (Å²) in [6.45, 7) is 1.72. The van der Waals surface area contributed by atoms with Crippen molar-refractivity contribution in [2.75, 3.05) is 5.32 Å². The van der Waals surface area contributed by atoms with Gasteiger partial charge in [0.15, 0.2) is 0 Å². The summed E-state index contributed by atoms with van der Waals surface area (Å²) in [5.41, 5.74) is 5.07. The number of para-hydroxylation sites is 1. The van der Waals surface area contributed by atoms with Crippen molar-refractivity contribution in [3.8, 4) is 5.75 Å². The zero-order valence-corrected chi connectivity index (χ0v) is 18.1. The highest BCUT2D eigenvalue weighted by molar-refractivity contribution is 6.42. The van der Waals surface area contributed by atoms with E-state index in [0.717, 1.165) is 5.56 Å². The Balaban J connectivity index is 1.61. The number of rotatable bonds is 7. The van der Waals surface area contributed by atoms with E-state index in [4.69, 9.17) is 27.9 Å². The molecule has 0 aliphatic rings. The molecule has 158 valence electrons. The van der Waals surface area contributed by atoms with Gasteiger partial charge in [-0.25, -0.2) is 5.43 Å². The smallest absolute Gasteiger partial charge is 0.271 e. The topological polar surface area (TPSA) is 79.8 Å². The third-order valence-corrected chi connectivity index (χ3v) is 4.87. The van der Waals surface area contributed by atoms with Gasteiger partial charge in [-0.2, -0.15) is 5.10 Å². The minimum absolute atomic E-state index is 0.179. The molecular formula is C23H19Cl2N3O3. The fraction of sp³-hybridized carbons (Fsp3) is 0.0870. The van der Waals surface area contributed by atoms with E-state index >= 15 is 0 Å². The average molecular weight is 456 g/mol. The zero-order valence-electron chi connectivity index (χ0n) is 16.6. The fourth-order valence-electron chi connectivity index (χ4n) is 2.64. The molecule has 8 heteroatoms. The van der Waals surface area contributed by atoms with Crippen LogP contribution < -0.4 is 15.5 Å². The Morgan fingerprint density at radius 1 is 1.00 bits per heavy atom. The van der Waals surface area contributed by atoms with E-state index in [9.17, 15) is 9.59 Å². The van der Waals surface area contributed by atoms with Crippen LogP contribution >= 0.6 is 23.2 Å². The number of benzene rings is 3. The van der Waals surface area contributed by atoms with Crippen LogP contribution in [0, 0.1) is 0 Å². The highest BCUT2D eigenvalue weighted by Gasteiger charge is 2.06. The van der Waals surface area contributed by atoms with Crippen molar-refractivity contribution < 1.29 is 14.3 Å². The number of hydrogen-bond acceptors (Lipinski definition) is 4. The SMILES string of the molecule is CC(=O)Nc1ccc(C(=O)NN=Cc2ccccc2OCc2ccc(Cl)c(Cl)c2)cc1. The molecule has 2 amide bonds. The molecular weight excluding hydrogens is 437 g/mol. The van der Waals surface area contributed by atoms with Gasteiger partial charge in [-0.1, -0.05) is 41.4 Å². The van der Waals surface area contributed by atoms with Crippen LogP contribution in [0.4, 0.5) is 5.69 Å². The maximum atomic E-state index is 12.3. The molecule has 3 aromatic rings. The van der Waals surface area contributed by atoms with E-state index in [2.05, 4.69) is 15.8 Å².